The molecule has 0 aliphatic rings. The van der Waals surface area contributed by atoms with E-state index in [-0.39, 0.29) is 15.1 Å². The summed E-state index contributed by atoms with van der Waals surface area (Å²) in [6.45, 7) is 6.60. The molecule has 11 heavy (non-hydrogen) atoms. The molecular formula is C9H15AsSi. The van der Waals surface area contributed by atoms with Crippen LogP contribution in [0.3, 0.4) is 0 Å². The van der Waals surface area contributed by atoms with Crippen molar-refractivity contribution in [3.8, 4) is 0 Å². The summed E-state index contributed by atoms with van der Waals surface area (Å²) < 4.78 is 1.62. The summed E-state index contributed by atoms with van der Waals surface area (Å²) in [5.41, 5.74) is 0. The van der Waals surface area contributed by atoms with Crippen LogP contribution in [0.25, 0.3) is 0 Å². The van der Waals surface area contributed by atoms with E-state index in [9.17, 15) is 0 Å². The van der Waals surface area contributed by atoms with Gasteiger partial charge in [-0.05, 0) is 0 Å². The Morgan fingerprint density at radius 3 is 2.00 bits per heavy atom. The van der Waals surface area contributed by atoms with Gasteiger partial charge < -0.3 is 0 Å². The van der Waals surface area contributed by atoms with Gasteiger partial charge in [0.05, 0.1) is 0 Å². The zero-order valence-corrected chi connectivity index (χ0v) is 10.5. The molecule has 1 aromatic rings. The standard InChI is InChI=1S/C9H15AsSi/c1-11(2,3)10-9-7-5-4-6-8-9/h4-8,10H,1-3H3. The second-order valence-electron chi connectivity index (χ2n) is 3.74. The Labute approximate surface area is 76.1 Å². The number of hydrogen-bond donors (Lipinski definition) is 0. The first-order valence-electron chi connectivity index (χ1n) is 3.91. The normalized spacial score (nSPS) is 12.6. The van der Waals surface area contributed by atoms with E-state index in [0.29, 0.717) is 0 Å². The van der Waals surface area contributed by atoms with Crippen LogP contribution >= 0.6 is 0 Å². The van der Waals surface area contributed by atoms with Gasteiger partial charge in [-0.3, -0.25) is 0 Å². The van der Waals surface area contributed by atoms with Gasteiger partial charge in [-0.15, -0.1) is 0 Å². The van der Waals surface area contributed by atoms with Crippen LogP contribution in [0.4, 0.5) is 0 Å². The van der Waals surface area contributed by atoms with Gasteiger partial charge in [0, 0.05) is 0 Å². The van der Waals surface area contributed by atoms with Crippen LogP contribution in [-0.2, 0) is 0 Å². The van der Waals surface area contributed by atoms with Gasteiger partial charge in [-0.2, -0.15) is 0 Å². The fraction of sp³-hybridized carbons (Fsp3) is 0.333. The molecule has 1 atom stereocenters. The van der Waals surface area contributed by atoms with Crippen LogP contribution in [0.15, 0.2) is 30.3 Å². The summed E-state index contributed by atoms with van der Waals surface area (Å²) >= 11 is 0.189. The van der Waals surface area contributed by atoms with E-state index < -0.39 is 6.54 Å². The molecule has 1 aromatic carbocycles. The zero-order valence-electron chi connectivity index (χ0n) is 7.39. The van der Waals surface area contributed by atoms with E-state index in [1.807, 2.05) is 0 Å². The van der Waals surface area contributed by atoms with Crippen molar-refractivity contribution in [2.24, 2.45) is 0 Å². The molecule has 0 aliphatic carbocycles. The van der Waals surface area contributed by atoms with E-state index in [4.69, 9.17) is 0 Å². The van der Waals surface area contributed by atoms with Gasteiger partial charge in [0.1, 0.15) is 0 Å². The first-order chi connectivity index (χ1) is 5.08. The monoisotopic (exact) mass is 226 g/mol. The molecule has 60 valence electrons. The van der Waals surface area contributed by atoms with Crippen LogP contribution in [0, 0.1) is 0 Å². The van der Waals surface area contributed by atoms with Crippen molar-refractivity contribution < 1.29 is 0 Å². The molecule has 0 fully saturated rings. The Morgan fingerprint density at radius 1 is 1.00 bits per heavy atom. The minimum atomic E-state index is -0.773. The Kier molecular flexibility index (Phi) is 2.97. The zero-order chi connectivity index (χ0) is 8.32. The molecule has 2 heteroatoms. The Hall–Kier alpha value is -0.00468. The van der Waals surface area contributed by atoms with Crippen LogP contribution in [0.1, 0.15) is 0 Å². The maximum atomic E-state index is 2.46. The fourth-order valence-electron chi connectivity index (χ4n) is 0.954. The molecule has 0 amide bonds. The van der Waals surface area contributed by atoms with Gasteiger partial charge >= 0.3 is 76.0 Å². The number of rotatable bonds is 2. The van der Waals surface area contributed by atoms with Crippen LogP contribution in [0.5, 0.6) is 0 Å². The van der Waals surface area contributed by atoms with Crippen molar-refractivity contribution in [1.29, 1.82) is 0 Å². The Bertz CT molecular complexity index is 213. The SMILES string of the molecule is C[Si](C)(C)[AsH]c1ccccc1. The molecule has 0 aromatic heterocycles. The molecule has 0 heterocycles. The van der Waals surface area contributed by atoms with Crippen molar-refractivity contribution in [3.63, 3.8) is 0 Å². The van der Waals surface area contributed by atoms with E-state index >= 15 is 0 Å². The van der Waals surface area contributed by atoms with Gasteiger partial charge in [-0.25, -0.2) is 0 Å². The van der Waals surface area contributed by atoms with Crippen LogP contribution in [0.2, 0.25) is 19.6 Å². The van der Waals surface area contributed by atoms with Crippen LogP contribution < -0.4 is 4.35 Å². The van der Waals surface area contributed by atoms with Crippen molar-refractivity contribution in [2.45, 2.75) is 19.6 Å². The van der Waals surface area contributed by atoms with E-state index in [1.54, 1.807) is 4.35 Å². The second kappa shape index (κ2) is 3.60. The molecule has 0 spiro atoms. The first-order valence-corrected chi connectivity index (χ1v) is 11.6. The topological polar surface area (TPSA) is 0 Å². The predicted octanol–water partition coefficient (Wildman–Crippen LogP) is 1.58. The van der Waals surface area contributed by atoms with Crippen molar-refractivity contribution in [2.75, 3.05) is 0 Å². The molecule has 0 aliphatic heterocycles. The number of hydrogen-bond acceptors (Lipinski definition) is 0. The summed E-state index contributed by atoms with van der Waals surface area (Å²) in [7, 11) is 0. The third kappa shape index (κ3) is 3.78. The van der Waals surface area contributed by atoms with Gasteiger partial charge in [-0.1, -0.05) is 0 Å². The first kappa shape index (κ1) is 9.09. The summed E-state index contributed by atoms with van der Waals surface area (Å²) in [5, 5.41) is 0. The molecule has 0 nitrogen and oxygen atoms in total. The Balaban J connectivity index is 2.66. The third-order valence-electron chi connectivity index (χ3n) is 1.29. The maximum absolute atomic E-state index is 2.46. The molecule has 0 radical (unpaired) electrons. The van der Waals surface area contributed by atoms with Crippen LogP contribution in [-0.4, -0.2) is 21.6 Å². The molecule has 1 unspecified atom stereocenters. The van der Waals surface area contributed by atoms with Gasteiger partial charge in [0.25, 0.3) is 0 Å². The summed E-state index contributed by atoms with van der Waals surface area (Å²) in [6.07, 6.45) is 0. The molecule has 0 saturated heterocycles. The third-order valence-corrected chi connectivity index (χ3v) is 9.57. The van der Waals surface area contributed by atoms with Crippen molar-refractivity contribution in [3.05, 3.63) is 30.3 Å². The van der Waals surface area contributed by atoms with Gasteiger partial charge in [0.15, 0.2) is 0 Å². The summed E-state index contributed by atoms with van der Waals surface area (Å²) in [6, 6.07) is 11.0. The fourth-order valence-corrected chi connectivity index (χ4v) is 8.89. The second-order valence-corrected chi connectivity index (χ2v) is 20.7. The quantitative estimate of drug-likeness (QED) is 0.672. The molecule has 0 saturated carbocycles. The minimum absolute atomic E-state index is 0.189. The average Bonchev–Trinajstić information content (AvgIpc) is 1.85. The van der Waals surface area contributed by atoms with E-state index in [1.165, 1.54) is 0 Å². The summed E-state index contributed by atoms with van der Waals surface area (Å²) in [5.74, 6) is 0. The Morgan fingerprint density at radius 2 is 1.55 bits per heavy atom. The molecule has 0 bridgehead atoms. The summed E-state index contributed by atoms with van der Waals surface area (Å²) in [4.78, 5) is 0. The van der Waals surface area contributed by atoms with Crippen molar-refractivity contribution in [1.82, 2.24) is 0 Å². The molecule has 0 N–H and O–H groups in total. The van der Waals surface area contributed by atoms with E-state index in [2.05, 4.69) is 50.0 Å². The van der Waals surface area contributed by atoms with Crippen molar-refractivity contribution >= 4 is 26.0 Å². The van der Waals surface area contributed by atoms with Gasteiger partial charge in [0.2, 0.25) is 0 Å². The van der Waals surface area contributed by atoms with E-state index in [0.717, 1.165) is 0 Å². The predicted molar refractivity (Wildman–Crippen MR) is 56.6 cm³/mol. The number of benzene rings is 1. The molecule has 1 rings (SSSR count). The average molecular weight is 226 g/mol. The molecular weight excluding hydrogens is 211 g/mol.